The number of aromatic nitrogens is 4. The highest BCUT2D eigenvalue weighted by Crippen LogP contribution is 2.39. The molecule has 0 unspecified atom stereocenters. The minimum Gasteiger partial charge on any atom is -0.292 e. The molecule has 3 heterocycles. The molecule has 0 saturated heterocycles. The predicted molar refractivity (Wildman–Crippen MR) is 242 cm³/mol. The molecule has 5 heteroatoms. The standard InChI is InChI=1S/C53H34N4S/c1-4-14-35(15-5-1)40-30-41(39-28-29-51-45(33-39)44-20-10-13-23-50(44)58-51)32-42(31-40)48-34-47(54-52(55-48)37-16-6-2-7-17-37)36-24-26-38(27-25-36)53-56-46-21-11-12-22-49(46)57(53)43-18-8-3-9-19-43/h1-34H. The summed E-state index contributed by atoms with van der Waals surface area (Å²) in [5.41, 5.74) is 13.4. The van der Waals surface area contributed by atoms with Gasteiger partial charge in [0.15, 0.2) is 5.82 Å². The van der Waals surface area contributed by atoms with E-state index in [1.807, 2.05) is 41.7 Å². The molecule has 0 radical (unpaired) electrons. The van der Waals surface area contributed by atoms with E-state index in [0.717, 1.165) is 72.9 Å². The number of hydrogen-bond acceptors (Lipinski definition) is 4. The van der Waals surface area contributed by atoms with Gasteiger partial charge >= 0.3 is 0 Å². The third-order valence-corrected chi connectivity index (χ3v) is 12.0. The van der Waals surface area contributed by atoms with E-state index in [1.165, 1.54) is 25.7 Å². The molecule has 11 aromatic rings. The second kappa shape index (κ2) is 14.2. The summed E-state index contributed by atoms with van der Waals surface area (Å²) in [7, 11) is 0. The first-order valence-electron chi connectivity index (χ1n) is 19.4. The molecular formula is C53H34N4S. The van der Waals surface area contributed by atoms with Crippen LogP contribution < -0.4 is 0 Å². The number of imidazole rings is 1. The van der Waals surface area contributed by atoms with Crippen LogP contribution in [-0.2, 0) is 0 Å². The summed E-state index contributed by atoms with van der Waals surface area (Å²) in [5, 5.41) is 2.57. The van der Waals surface area contributed by atoms with Gasteiger partial charge in [-0.3, -0.25) is 4.57 Å². The molecule has 272 valence electrons. The zero-order valence-electron chi connectivity index (χ0n) is 31.3. The first kappa shape index (κ1) is 33.8. The van der Waals surface area contributed by atoms with Gasteiger partial charge in [-0.05, 0) is 89.0 Å². The van der Waals surface area contributed by atoms with E-state index in [1.54, 1.807) is 0 Å². The number of thiophene rings is 1. The third-order valence-electron chi connectivity index (χ3n) is 10.8. The summed E-state index contributed by atoms with van der Waals surface area (Å²) in [6, 6.07) is 72.7. The summed E-state index contributed by atoms with van der Waals surface area (Å²) in [6.45, 7) is 0. The number of fused-ring (bicyclic) bond motifs is 4. The van der Waals surface area contributed by atoms with Crippen molar-refractivity contribution in [3.8, 4) is 73.2 Å². The minimum absolute atomic E-state index is 0.681. The monoisotopic (exact) mass is 758 g/mol. The van der Waals surface area contributed by atoms with E-state index in [9.17, 15) is 0 Å². The maximum atomic E-state index is 5.26. The van der Waals surface area contributed by atoms with Gasteiger partial charge in [0, 0.05) is 48.1 Å². The van der Waals surface area contributed by atoms with Gasteiger partial charge in [-0.15, -0.1) is 11.3 Å². The predicted octanol–water partition coefficient (Wildman–Crippen LogP) is 14.2. The Hall–Kier alpha value is -7.47. The van der Waals surface area contributed by atoms with Crippen LogP contribution in [0, 0.1) is 0 Å². The van der Waals surface area contributed by atoms with Crippen LogP contribution in [0.3, 0.4) is 0 Å². The molecule has 0 fully saturated rings. The molecule has 8 aromatic carbocycles. The maximum absolute atomic E-state index is 5.26. The molecular weight excluding hydrogens is 725 g/mol. The lowest BCUT2D eigenvalue weighted by Gasteiger charge is -2.14. The minimum atomic E-state index is 0.681. The number of para-hydroxylation sites is 3. The van der Waals surface area contributed by atoms with Crippen LogP contribution >= 0.6 is 11.3 Å². The van der Waals surface area contributed by atoms with Gasteiger partial charge in [0.25, 0.3) is 0 Å². The molecule has 0 aliphatic carbocycles. The van der Waals surface area contributed by atoms with Crippen molar-refractivity contribution in [2.45, 2.75) is 0 Å². The van der Waals surface area contributed by atoms with Crippen LogP contribution in [0.2, 0.25) is 0 Å². The molecule has 0 amide bonds. The van der Waals surface area contributed by atoms with Crippen LogP contribution in [0.15, 0.2) is 206 Å². The highest BCUT2D eigenvalue weighted by Gasteiger charge is 2.17. The summed E-state index contributed by atoms with van der Waals surface area (Å²) < 4.78 is 4.83. The highest BCUT2D eigenvalue weighted by molar-refractivity contribution is 7.25. The summed E-state index contributed by atoms with van der Waals surface area (Å²) in [4.78, 5) is 15.6. The van der Waals surface area contributed by atoms with E-state index >= 15 is 0 Å². The van der Waals surface area contributed by atoms with Gasteiger partial charge in [0.1, 0.15) is 5.82 Å². The Labute approximate surface area is 340 Å². The first-order valence-corrected chi connectivity index (χ1v) is 20.2. The van der Waals surface area contributed by atoms with Crippen LogP contribution in [0.1, 0.15) is 0 Å². The van der Waals surface area contributed by atoms with Crippen molar-refractivity contribution in [3.05, 3.63) is 206 Å². The molecule has 0 spiro atoms. The number of rotatable bonds is 7. The Morgan fingerprint density at radius 2 is 0.914 bits per heavy atom. The van der Waals surface area contributed by atoms with Crippen molar-refractivity contribution in [3.63, 3.8) is 0 Å². The van der Waals surface area contributed by atoms with E-state index in [4.69, 9.17) is 15.0 Å². The fraction of sp³-hybridized carbons (Fsp3) is 0. The number of benzene rings is 8. The topological polar surface area (TPSA) is 43.6 Å². The van der Waals surface area contributed by atoms with Gasteiger partial charge in [0.2, 0.25) is 0 Å². The van der Waals surface area contributed by atoms with E-state index in [2.05, 4.69) is 180 Å². The fourth-order valence-corrected chi connectivity index (χ4v) is 9.04. The zero-order chi connectivity index (χ0) is 38.4. The normalized spacial score (nSPS) is 11.4. The molecule has 0 bridgehead atoms. The average molecular weight is 759 g/mol. The molecule has 0 saturated carbocycles. The van der Waals surface area contributed by atoms with Crippen molar-refractivity contribution < 1.29 is 0 Å². The molecule has 4 nitrogen and oxygen atoms in total. The van der Waals surface area contributed by atoms with Crippen molar-refractivity contribution >= 4 is 42.5 Å². The summed E-state index contributed by atoms with van der Waals surface area (Å²) in [5.74, 6) is 1.58. The lowest BCUT2D eigenvalue weighted by atomic mass is 9.94. The van der Waals surface area contributed by atoms with Crippen molar-refractivity contribution in [1.29, 1.82) is 0 Å². The summed E-state index contributed by atoms with van der Waals surface area (Å²) >= 11 is 1.84. The Morgan fingerprint density at radius 1 is 0.345 bits per heavy atom. The second-order valence-corrected chi connectivity index (χ2v) is 15.6. The van der Waals surface area contributed by atoms with Gasteiger partial charge in [-0.25, -0.2) is 15.0 Å². The molecule has 58 heavy (non-hydrogen) atoms. The number of hydrogen-bond donors (Lipinski definition) is 0. The molecule has 0 aliphatic rings. The lowest BCUT2D eigenvalue weighted by molar-refractivity contribution is 1.10. The maximum Gasteiger partial charge on any atom is 0.160 e. The van der Waals surface area contributed by atoms with Crippen LogP contribution in [0.4, 0.5) is 0 Å². The second-order valence-electron chi connectivity index (χ2n) is 14.5. The van der Waals surface area contributed by atoms with Crippen LogP contribution in [0.25, 0.3) is 104 Å². The molecule has 3 aromatic heterocycles. The van der Waals surface area contributed by atoms with Crippen molar-refractivity contribution in [2.24, 2.45) is 0 Å². The number of nitrogens with zero attached hydrogens (tertiary/aromatic N) is 4. The average Bonchev–Trinajstić information content (AvgIpc) is 3.88. The molecule has 0 N–H and O–H groups in total. The quantitative estimate of drug-likeness (QED) is 0.163. The first-order chi connectivity index (χ1) is 28.7. The molecule has 11 rings (SSSR count). The highest BCUT2D eigenvalue weighted by atomic mass is 32.1. The Morgan fingerprint density at radius 3 is 1.69 bits per heavy atom. The Bertz CT molecular complexity index is 3260. The van der Waals surface area contributed by atoms with Gasteiger partial charge in [-0.1, -0.05) is 140 Å². The largest absolute Gasteiger partial charge is 0.292 e. The molecule has 0 atom stereocenters. The fourth-order valence-electron chi connectivity index (χ4n) is 7.95. The lowest BCUT2D eigenvalue weighted by Crippen LogP contribution is -1.98. The summed E-state index contributed by atoms with van der Waals surface area (Å²) in [6.07, 6.45) is 0. The SMILES string of the molecule is c1ccc(-c2cc(-c3ccc4sc5ccccc5c4c3)cc(-c3cc(-c4ccc(-c5nc6ccccc6n5-c5ccccc5)cc4)nc(-c4ccccc4)n3)c2)cc1. The van der Waals surface area contributed by atoms with E-state index < -0.39 is 0 Å². The Kier molecular flexibility index (Phi) is 8.30. The third kappa shape index (κ3) is 6.15. The van der Waals surface area contributed by atoms with Gasteiger partial charge < -0.3 is 0 Å². The van der Waals surface area contributed by atoms with Gasteiger partial charge in [0.05, 0.1) is 22.4 Å². The smallest absolute Gasteiger partial charge is 0.160 e. The zero-order valence-corrected chi connectivity index (χ0v) is 32.1. The Balaban J connectivity index is 1.06. The van der Waals surface area contributed by atoms with Crippen LogP contribution in [-0.4, -0.2) is 19.5 Å². The molecule has 0 aliphatic heterocycles. The van der Waals surface area contributed by atoms with Gasteiger partial charge in [-0.2, -0.15) is 0 Å². The van der Waals surface area contributed by atoms with E-state index in [-0.39, 0.29) is 0 Å². The van der Waals surface area contributed by atoms with E-state index in [0.29, 0.717) is 5.82 Å². The van der Waals surface area contributed by atoms with Crippen LogP contribution in [0.5, 0.6) is 0 Å². The van der Waals surface area contributed by atoms with Crippen molar-refractivity contribution in [1.82, 2.24) is 19.5 Å². The van der Waals surface area contributed by atoms with Crippen molar-refractivity contribution in [2.75, 3.05) is 0 Å².